The Labute approximate surface area is 99.7 Å². The molecule has 2 heterocycles. The molecule has 17 heavy (non-hydrogen) atoms. The minimum atomic E-state index is -0.379. The van der Waals surface area contributed by atoms with Crippen molar-refractivity contribution < 1.29 is 9.66 Å². The van der Waals surface area contributed by atoms with Crippen LogP contribution in [0.3, 0.4) is 0 Å². The smallest absolute Gasteiger partial charge is 0.310 e. The van der Waals surface area contributed by atoms with Crippen molar-refractivity contribution in [3.63, 3.8) is 0 Å². The number of hydrogen-bond donors (Lipinski definition) is 0. The van der Waals surface area contributed by atoms with Gasteiger partial charge in [-0.15, -0.1) is 0 Å². The normalized spacial score (nSPS) is 24.8. The molecule has 2 atom stereocenters. The maximum absolute atomic E-state index is 10.9. The van der Waals surface area contributed by atoms with E-state index in [0.717, 1.165) is 12.8 Å². The van der Waals surface area contributed by atoms with Crippen LogP contribution in [0.4, 0.5) is 5.69 Å². The molecule has 1 aromatic heterocycles. The van der Waals surface area contributed by atoms with Gasteiger partial charge in [-0.25, -0.2) is 4.68 Å². The van der Waals surface area contributed by atoms with Gasteiger partial charge in [0.1, 0.15) is 11.9 Å². The second-order valence-electron chi connectivity index (χ2n) is 4.41. The summed E-state index contributed by atoms with van der Waals surface area (Å²) in [5.74, 6) is 0.341. The zero-order valence-corrected chi connectivity index (χ0v) is 10.1. The SMILES string of the molecule is CCc1c([N+](=O)[O-])cnn1C1OCCCC1C. The fraction of sp³-hybridized carbons (Fsp3) is 0.727. The van der Waals surface area contributed by atoms with Crippen molar-refractivity contribution >= 4 is 5.69 Å². The quantitative estimate of drug-likeness (QED) is 0.599. The first kappa shape index (κ1) is 12.0. The van der Waals surface area contributed by atoms with Gasteiger partial charge >= 0.3 is 5.69 Å². The van der Waals surface area contributed by atoms with E-state index in [9.17, 15) is 10.1 Å². The molecule has 0 radical (unpaired) electrons. The van der Waals surface area contributed by atoms with Crippen LogP contribution in [0.25, 0.3) is 0 Å². The predicted octanol–water partition coefficient (Wildman–Crippen LogP) is 2.30. The van der Waals surface area contributed by atoms with E-state index in [-0.39, 0.29) is 16.8 Å². The van der Waals surface area contributed by atoms with Crippen molar-refractivity contribution in [2.45, 2.75) is 39.3 Å². The first-order valence-electron chi connectivity index (χ1n) is 5.97. The Morgan fingerprint density at radius 1 is 1.71 bits per heavy atom. The molecule has 1 aromatic rings. The van der Waals surface area contributed by atoms with Crippen LogP contribution >= 0.6 is 0 Å². The lowest BCUT2D eigenvalue weighted by molar-refractivity contribution is -0.385. The summed E-state index contributed by atoms with van der Waals surface area (Å²) in [6.07, 6.45) is 3.86. The molecule has 0 amide bonds. The van der Waals surface area contributed by atoms with Gasteiger partial charge in [-0.1, -0.05) is 13.8 Å². The van der Waals surface area contributed by atoms with E-state index >= 15 is 0 Å². The molecule has 1 fully saturated rings. The first-order chi connectivity index (χ1) is 8.15. The maximum atomic E-state index is 10.9. The lowest BCUT2D eigenvalue weighted by atomic mass is 10.0. The topological polar surface area (TPSA) is 70.2 Å². The summed E-state index contributed by atoms with van der Waals surface area (Å²) >= 11 is 0. The van der Waals surface area contributed by atoms with Crippen LogP contribution in [-0.4, -0.2) is 21.3 Å². The highest BCUT2D eigenvalue weighted by Crippen LogP contribution is 2.31. The molecule has 0 N–H and O–H groups in total. The standard InChI is InChI=1S/C11H17N3O3/c1-3-9-10(14(15)16)7-12-13(9)11-8(2)5-4-6-17-11/h7-8,11H,3-6H2,1-2H3. The highest BCUT2D eigenvalue weighted by molar-refractivity contribution is 5.33. The maximum Gasteiger partial charge on any atom is 0.310 e. The van der Waals surface area contributed by atoms with Crippen LogP contribution < -0.4 is 0 Å². The predicted molar refractivity (Wildman–Crippen MR) is 61.6 cm³/mol. The fourth-order valence-electron chi connectivity index (χ4n) is 2.32. The van der Waals surface area contributed by atoms with Gasteiger partial charge in [0.25, 0.3) is 0 Å². The summed E-state index contributed by atoms with van der Waals surface area (Å²) in [6, 6.07) is 0. The summed E-state index contributed by atoms with van der Waals surface area (Å²) < 4.78 is 7.37. The lowest BCUT2D eigenvalue weighted by Gasteiger charge is -2.30. The molecule has 6 heteroatoms. The number of nitrogens with zero attached hydrogens (tertiary/aromatic N) is 3. The van der Waals surface area contributed by atoms with Gasteiger partial charge in [0, 0.05) is 12.5 Å². The van der Waals surface area contributed by atoms with E-state index in [0.29, 0.717) is 24.6 Å². The van der Waals surface area contributed by atoms with Crippen molar-refractivity contribution in [2.24, 2.45) is 5.92 Å². The highest BCUT2D eigenvalue weighted by atomic mass is 16.6. The molecule has 1 aliphatic rings. The molecule has 6 nitrogen and oxygen atoms in total. The Kier molecular flexibility index (Phi) is 3.42. The van der Waals surface area contributed by atoms with Gasteiger partial charge in [-0.05, 0) is 19.3 Å². The Morgan fingerprint density at radius 2 is 2.47 bits per heavy atom. The van der Waals surface area contributed by atoms with Gasteiger partial charge in [-0.2, -0.15) is 5.10 Å². The number of hydrogen-bond acceptors (Lipinski definition) is 4. The van der Waals surface area contributed by atoms with Gasteiger partial charge in [0.2, 0.25) is 0 Å². The lowest BCUT2D eigenvalue weighted by Crippen LogP contribution is -2.27. The van der Waals surface area contributed by atoms with Gasteiger partial charge in [-0.3, -0.25) is 10.1 Å². The van der Waals surface area contributed by atoms with Crippen molar-refractivity contribution in [1.29, 1.82) is 0 Å². The summed E-state index contributed by atoms with van der Waals surface area (Å²) in [7, 11) is 0. The molecule has 0 saturated carbocycles. The molecule has 0 spiro atoms. The monoisotopic (exact) mass is 239 g/mol. The van der Waals surface area contributed by atoms with E-state index in [1.807, 2.05) is 6.92 Å². The molecule has 1 aliphatic heterocycles. The average molecular weight is 239 g/mol. The Morgan fingerprint density at radius 3 is 3.06 bits per heavy atom. The first-order valence-corrected chi connectivity index (χ1v) is 5.97. The molecule has 0 aromatic carbocycles. The summed E-state index contributed by atoms with van der Waals surface area (Å²) in [5, 5.41) is 15.0. The Hall–Kier alpha value is -1.43. The minimum Gasteiger partial charge on any atom is -0.356 e. The van der Waals surface area contributed by atoms with Crippen molar-refractivity contribution in [3.05, 3.63) is 22.0 Å². The third-order valence-corrected chi connectivity index (χ3v) is 3.23. The third kappa shape index (κ3) is 2.17. The number of aromatic nitrogens is 2. The molecular weight excluding hydrogens is 222 g/mol. The van der Waals surface area contributed by atoms with E-state index in [1.165, 1.54) is 6.20 Å². The highest BCUT2D eigenvalue weighted by Gasteiger charge is 2.29. The zero-order chi connectivity index (χ0) is 12.4. The van der Waals surface area contributed by atoms with Gasteiger partial charge in [0.05, 0.1) is 4.92 Å². The van der Waals surface area contributed by atoms with Crippen molar-refractivity contribution in [2.75, 3.05) is 6.61 Å². The van der Waals surface area contributed by atoms with Crippen LogP contribution in [0.5, 0.6) is 0 Å². The second kappa shape index (κ2) is 4.83. The number of nitro groups is 1. The minimum absolute atomic E-state index is 0.0915. The third-order valence-electron chi connectivity index (χ3n) is 3.23. The molecule has 1 saturated heterocycles. The van der Waals surface area contributed by atoms with Crippen LogP contribution in [0.2, 0.25) is 0 Å². The van der Waals surface area contributed by atoms with E-state index < -0.39 is 0 Å². The van der Waals surface area contributed by atoms with Gasteiger partial charge < -0.3 is 4.74 Å². The molecule has 2 unspecified atom stereocenters. The molecule has 2 rings (SSSR count). The van der Waals surface area contributed by atoms with E-state index in [2.05, 4.69) is 12.0 Å². The van der Waals surface area contributed by atoms with Crippen LogP contribution in [-0.2, 0) is 11.2 Å². The van der Waals surface area contributed by atoms with E-state index in [4.69, 9.17) is 4.74 Å². The Bertz CT molecular complexity index is 416. The molecule has 0 bridgehead atoms. The zero-order valence-electron chi connectivity index (χ0n) is 10.1. The molecule has 0 aliphatic carbocycles. The Balaban J connectivity index is 2.34. The second-order valence-corrected chi connectivity index (χ2v) is 4.41. The van der Waals surface area contributed by atoms with Crippen LogP contribution in [0.1, 0.15) is 38.6 Å². The van der Waals surface area contributed by atoms with E-state index in [1.54, 1.807) is 4.68 Å². The average Bonchev–Trinajstić information content (AvgIpc) is 2.73. The number of rotatable bonds is 3. The van der Waals surface area contributed by atoms with Crippen molar-refractivity contribution in [1.82, 2.24) is 9.78 Å². The van der Waals surface area contributed by atoms with Crippen molar-refractivity contribution in [3.8, 4) is 0 Å². The number of ether oxygens (including phenoxy) is 1. The summed E-state index contributed by atoms with van der Waals surface area (Å²) in [6.45, 7) is 4.69. The van der Waals surface area contributed by atoms with Crippen LogP contribution in [0.15, 0.2) is 6.20 Å². The van der Waals surface area contributed by atoms with Crippen LogP contribution in [0, 0.1) is 16.0 Å². The van der Waals surface area contributed by atoms with Gasteiger partial charge in [0.15, 0.2) is 6.23 Å². The molecule has 94 valence electrons. The molecular formula is C11H17N3O3. The summed E-state index contributed by atoms with van der Waals surface area (Å²) in [4.78, 5) is 10.5. The fourth-order valence-corrected chi connectivity index (χ4v) is 2.32. The largest absolute Gasteiger partial charge is 0.356 e. The summed E-state index contributed by atoms with van der Waals surface area (Å²) in [5.41, 5.74) is 0.739.